The monoisotopic (exact) mass is 525 g/mol. The lowest BCUT2D eigenvalue weighted by Crippen LogP contribution is -2.30. The summed E-state index contributed by atoms with van der Waals surface area (Å²) in [6, 6.07) is 26.2. The Bertz CT molecular complexity index is 1530. The third kappa shape index (κ3) is 4.44. The van der Waals surface area contributed by atoms with Crippen molar-refractivity contribution in [2.24, 2.45) is 0 Å². The van der Waals surface area contributed by atoms with Crippen molar-refractivity contribution in [3.63, 3.8) is 0 Å². The standard InChI is InChI=1S/C30H20ClNO6/c1-37-25-17-24(32-28(34)20-14-8-9-15-21(20)29(32)35)23(31)16-22(25)30(36)38-27(19-12-6-3-7-13-19)26(33)18-10-4-2-5-11-18/h2-17,27H,1H3/t27-/m0/s1. The summed E-state index contributed by atoms with van der Waals surface area (Å²) in [4.78, 5) is 53.6. The van der Waals surface area contributed by atoms with E-state index >= 15 is 0 Å². The number of methoxy groups -OCH3 is 1. The molecule has 1 aliphatic rings. The van der Waals surface area contributed by atoms with Crippen LogP contribution >= 0.6 is 11.6 Å². The van der Waals surface area contributed by atoms with E-state index in [1.54, 1.807) is 84.9 Å². The topological polar surface area (TPSA) is 90.0 Å². The number of rotatable bonds is 7. The van der Waals surface area contributed by atoms with Gasteiger partial charge in [0.25, 0.3) is 11.8 Å². The van der Waals surface area contributed by atoms with Crippen LogP contribution in [-0.4, -0.2) is 30.7 Å². The predicted octanol–water partition coefficient (Wildman–Crippen LogP) is 5.93. The number of nitrogens with zero attached hydrogens (tertiary/aromatic N) is 1. The van der Waals surface area contributed by atoms with Crippen molar-refractivity contribution in [2.45, 2.75) is 6.10 Å². The van der Waals surface area contributed by atoms with Gasteiger partial charge in [0.15, 0.2) is 6.10 Å². The van der Waals surface area contributed by atoms with E-state index in [0.717, 1.165) is 4.90 Å². The summed E-state index contributed by atoms with van der Waals surface area (Å²) in [5, 5.41) is -0.0436. The molecule has 0 saturated heterocycles. The summed E-state index contributed by atoms with van der Waals surface area (Å²) in [6.45, 7) is 0. The number of Topliss-reactive ketones (excluding diaryl/α,β-unsaturated/α-hetero) is 1. The molecule has 7 nitrogen and oxygen atoms in total. The minimum Gasteiger partial charge on any atom is -0.496 e. The highest BCUT2D eigenvalue weighted by molar-refractivity contribution is 6.40. The molecule has 188 valence electrons. The molecule has 0 bridgehead atoms. The summed E-state index contributed by atoms with van der Waals surface area (Å²) in [5.74, 6) is -2.33. The zero-order valence-corrected chi connectivity index (χ0v) is 20.8. The Morgan fingerprint density at radius 2 is 1.34 bits per heavy atom. The summed E-state index contributed by atoms with van der Waals surface area (Å²) < 4.78 is 11.1. The summed E-state index contributed by atoms with van der Waals surface area (Å²) in [6.07, 6.45) is -1.23. The van der Waals surface area contributed by atoms with E-state index < -0.39 is 29.7 Å². The summed E-state index contributed by atoms with van der Waals surface area (Å²) in [7, 11) is 1.33. The number of halogens is 1. The molecular weight excluding hydrogens is 506 g/mol. The van der Waals surface area contributed by atoms with Gasteiger partial charge in [0.2, 0.25) is 5.78 Å². The number of carbonyl (C=O) groups is 4. The van der Waals surface area contributed by atoms with Gasteiger partial charge in [0.05, 0.1) is 28.9 Å². The zero-order valence-electron chi connectivity index (χ0n) is 20.1. The highest BCUT2D eigenvalue weighted by Crippen LogP contribution is 2.38. The number of amides is 2. The molecule has 4 aromatic carbocycles. The lowest BCUT2D eigenvalue weighted by Gasteiger charge is -2.20. The molecule has 2 amide bonds. The van der Waals surface area contributed by atoms with Crippen LogP contribution in [-0.2, 0) is 4.74 Å². The van der Waals surface area contributed by atoms with Crippen LogP contribution in [0.15, 0.2) is 97.1 Å². The van der Waals surface area contributed by atoms with Gasteiger partial charge in [-0.15, -0.1) is 0 Å². The number of hydrogen-bond acceptors (Lipinski definition) is 6. The molecule has 0 N–H and O–H groups in total. The molecule has 0 spiro atoms. The molecule has 0 radical (unpaired) electrons. The predicted molar refractivity (Wildman–Crippen MR) is 141 cm³/mol. The van der Waals surface area contributed by atoms with Crippen molar-refractivity contribution in [3.05, 3.63) is 130 Å². The van der Waals surface area contributed by atoms with Crippen LogP contribution in [0, 0.1) is 0 Å². The van der Waals surface area contributed by atoms with E-state index in [2.05, 4.69) is 0 Å². The molecule has 0 unspecified atom stereocenters. The van der Waals surface area contributed by atoms with Crippen LogP contribution in [0.5, 0.6) is 5.75 Å². The smallest absolute Gasteiger partial charge is 0.343 e. The van der Waals surface area contributed by atoms with Crippen molar-refractivity contribution in [3.8, 4) is 5.75 Å². The number of benzene rings is 4. The van der Waals surface area contributed by atoms with E-state index in [-0.39, 0.29) is 33.1 Å². The fourth-order valence-electron chi connectivity index (χ4n) is 4.28. The summed E-state index contributed by atoms with van der Waals surface area (Å²) >= 11 is 6.49. The Morgan fingerprint density at radius 3 is 1.92 bits per heavy atom. The first-order chi connectivity index (χ1) is 18.4. The molecular formula is C30H20ClNO6. The molecule has 1 heterocycles. The van der Waals surface area contributed by atoms with Gasteiger partial charge in [-0.3, -0.25) is 14.4 Å². The van der Waals surface area contributed by atoms with Gasteiger partial charge >= 0.3 is 5.97 Å². The van der Waals surface area contributed by atoms with Crippen LogP contribution < -0.4 is 9.64 Å². The average molecular weight is 526 g/mol. The lowest BCUT2D eigenvalue weighted by molar-refractivity contribution is 0.0277. The number of fused-ring (bicyclic) bond motifs is 1. The number of ketones is 1. The Hall–Kier alpha value is -4.75. The van der Waals surface area contributed by atoms with E-state index in [0.29, 0.717) is 11.1 Å². The van der Waals surface area contributed by atoms with Gasteiger partial charge < -0.3 is 9.47 Å². The van der Waals surface area contributed by atoms with E-state index in [1.165, 1.54) is 19.2 Å². The number of imide groups is 1. The largest absolute Gasteiger partial charge is 0.496 e. The maximum Gasteiger partial charge on any atom is 0.343 e. The first-order valence-electron chi connectivity index (χ1n) is 11.6. The van der Waals surface area contributed by atoms with Gasteiger partial charge in [0, 0.05) is 17.2 Å². The number of anilines is 1. The van der Waals surface area contributed by atoms with E-state index in [9.17, 15) is 19.2 Å². The van der Waals surface area contributed by atoms with Crippen molar-refractivity contribution < 1.29 is 28.7 Å². The molecule has 0 fully saturated rings. The lowest BCUT2D eigenvalue weighted by atomic mass is 9.99. The Labute approximate surface area is 223 Å². The SMILES string of the molecule is COc1cc(N2C(=O)c3ccccc3C2=O)c(Cl)cc1C(=O)O[C@H](C(=O)c1ccccc1)c1ccccc1. The normalized spacial score (nSPS) is 13.2. The van der Waals surface area contributed by atoms with Crippen molar-refractivity contribution in [2.75, 3.05) is 12.0 Å². The quantitative estimate of drug-likeness (QED) is 0.169. The minimum absolute atomic E-state index is 0.0185. The first kappa shape index (κ1) is 24.9. The Kier molecular flexibility index (Phi) is 6.77. The van der Waals surface area contributed by atoms with Gasteiger partial charge in [-0.2, -0.15) is 0 Å². The highest BCUT2D eigenvalue weighted by atomic mass is 35.5. The van der Waals surface area contributed by atoms with Crippen LogP contribution in [0.1, 0.15) is 53.1 Å². The molecule has 1 aliphatic heterocycles. The fourth-order valence-corrected chi connectivity index (χ4v) is 4.52. The van der Waals surface area contributed by atoms with Crippen molar-refractivity contribution in [1.29, 1.82) is 0 Å². The van der Waals surface area contributed by atoms with Crippen molar-refractivity contribution >= 4 is 40.9 Å². The number of esters is 1. The van der Waals surface area contributed by atoms with Crippen molar-refractivity contribution in [1.82, 2.24) is 0 Å². The molecule has 38 heavy (non-hydrogen) atoms. The van der Waals surface area contributed by atoms with Crippen LogP contribution in [0.4, 0.5) is 5.69 Å². The van der Waals surface area contributed by atoms with Gasteiger partial charge in [-0.1, -0.05) is 84.4 Å². The minimum atomic E-state index is -1.23. The van der Waals surface area contributed by atoms with E-state index in [4.69, 9.17) is 21.1 Å². The summed E-state index contributed by atoms with van der Waals surface area (Å²) in [5.41, 5.74) is 1.36. The third-order valence-electron chi connectivity index (χ3n) is 6.15. The highest BCUT2D eigenvalue weighted by Gasteiger charge is 2.38. The molecule has 0 aliphatic carbocycles. The fraction of sp³-hybridized carbons (Fsp3) is 0.0667. The van der Waals surface area contributed by atoms with Crippen LogP contribution in [0.3, 0.4) is 0 Å². The molecule has 0 aromatic heterocycles. The molecule has 4 aromatic rings. The maximum absolute atomic E-state index is 13.4. The second-order valence-electron chi connectivity index (χ2n) is 8.42. The Balaban J connectivity index is 1.49. The number of hydrogen-bond donors (Lipinski definition) is 0. The second-order valence-corrected chi connectivity index (χ2v) is 8.83. The van der Waals surface area contributed by atoms with Gasteiger partial charge in [-0.25, -0.2) is 9.69 Å². The van der Waals surface area contributed by atoms with Crippen LogP contribution in [0.25, 0.3) is 0 Å². The van der Waals surface area contributed by atoms with Crippen LogP contribution in [0.2, 0.25) is 5.02 Å². The second kappa shape index (κ2) is 10.3. The third-order valence-corrected chi connectivity index (χ3v) is 6.45. The molecule has 0 saturated carbocycles. The van der Waals surface area contributed by atoms with Gasteiger partial charge in [0.1, 0.15) is 11.3 Å². The van der Waals surface area contributed by atoms with Gasteiger partial charge in [-0.05, 0) is 18.2 Å². The van der Waals surface area contributed by atoms with E-state index in [1.807, 2.05) is 0 Å². The molecule has 5 rings (SSSR count). The molecule has 8 heteroatoms. The number of ether oxygens (including phenoxy) is 2. The number of carbonyl (C=O) groups excluding carboxylic acids is 4. The maximum atomic E-state index is 13.4. The Morgan fingerprint density at radius 1 is 0.789 bits per heavy atom. The average Bonchev–Trinajstić information content (AvgIpc) is 3.21. The first-order valence-corrected chi connectivity index (χ1v) is 12.0. The zero-order chi connectivity index (χ0) is 26.8. The molecule has 1 atom stereocenters.